The Hall–Kier alpha value is -3.20. The van der Waals surface area contributed by atoms with Crippen LogP contribution < -0.4 is 0 Å². The van der Waals surface area contributed by atoms with Crippen molar-refractivity contribution >= 4 is 22.3 Å². The second-order valence-electron chi connectivity index (χ2n) is 7.21. The van der Waals surface area contributed by atoms with Gasteiger partial charge in [0.1, 0.15) is 0 Å². The van der Waals surface area contributed by atoms with Gasteiger partial charge in [0, 0.05) is 29.8 Å². The summed E-state index contributed by atoms with van der Waals surface area (Å²) in [4.78, 5) is 28.9. The van der Waals surface area contributed by atoms with Crippen LogP contribution in [-0.4, -0.2) is 23.0 Å². The number of carbonyl (C=O) groups is 2. The van der Waals surface area contributed by atoms with Gasteiger partial charge in [-0.25, -0.2) is 0 Å². The van der Waals surface area contributed by atoms with E-state index in [1.165, 1.54) is 0 Å². The van der Waals surface area contributed by atoms with Crippen molar-refractivity contribution in [3.05, 3.63) is 94.7 Å². The van der Waals surface area contributed by atoms with Gasteiger partial charge in [0.2, 0.25) is 5.78 Å². The fraction of sp³-hybridized carbons (Fsp3) is 0.167. The van der Waals surface area contributed by atoms with Gasteiger partial charge in [-0.1, -0.05) is 60.7 Å². The molecule has 0 fully saturated rings. The molecule has 3 aromatic carbocycles. The van der Waals surface area contributed by atoms with Gasteiger partial charge in [0.15, 0.2) is 5.78 Å². The summed E-state index contributed by atoms with van der Waals surface area (Å²) in [5.41, 5.74) is 3.56. The summed E-state index contributed by atoms with van der Waals surface area (Å²) >= 11 is 0. The van der Waals surface area contributed by atoms with Crippen LogP contribution >= 0.6 is 0 Å². The summed E-state index contributed by atoms with van der Waals surface area (Å²) in [6.45, 7) is 1.45. The van der Waals surface area contributed by atoms with Crippen LogP contribution in [-0.2, 0) is 6.54 Å². The zero-order valence-electron chi connectivity index (χ0n) is 14.9. The first-order valence-corrected chi connectivity index (χ1v) is 9.37. The monoisotopic (exact) mass is 353 g/mol. The van der Waals surface area contributed by atoms with Crippen molar-refractivity contribution < 1.29 is 9.59 Å². The SMILES string of the molecule is O=C1C2=C(C(=O)c3c1ccc1ccccc31)N(Cc1ccccc1)CCC2. The third-order valence-corrected chi connectivity index (χ3v) is 5.56. The van der Waals surface area contributed by atoms with Crippen molar-refractivity contribution in [1.82, 2.24) is 4.90 Å². The molecule has 2 aliphatic rings. The maximum absolute atomic E-state index is 13.6. The Balaban J connectivity index is 1.65. The molecule has 0 saturated heterocycles. The molecule has 0 N–H and O–H groups in total. The van der Waals surface area contributed by atoms with E-state index < -0.39 is 0 Å². The summed E-state index contributed by atoms with van der Waals surface area (Å²) in [5.74, 6) is 0.00939. The van der Waals surface area contributed by atoms with Crippen LogP contribution in [0.1, 0.15) is 39.1 Å². The van der Waals surface area contributed by atoms with Crippen molar-refractivity contribution in [2.24, 2.45) is 0 Å². The minimum absolute atomic E-state index is 0.00738. The fourth-order valence-corrected chi connectivity index (χ4v) is 4.32. The largest absolute Gasteiger partial charge is 0.364 e. The molecule has 0 saturated carbocycles. The zero-order valence-corrected chi connectivity index (χ0v) is 14.9. The minimum Gasteiger partial charge on any atom is -0.364 e. The van der Waals surface area contributed by atoms with E-state index in [0.717, 1.165) is 29.3 Å². The van der Waals surface area contributed by atoms with Crippen molar-refractivity contribution in [3.8, 4) is 0 Å². The van der Waals surface area contributed by atoms with Crippen LogP contribution in [0.25, 0.3) is 10.8 Å². The number of benzene rings is 3. The quantitative estimate of drug-likeness (QED) is 0.666. The Kier molecular flexibility index (Phi) is 3.68. The van der Waals surface area contributed by atoms with E-state index in [9.17, 15) is 9.59 Å². The van der Waals surface area contributed by atoms with Crippen LogP contribution in [0.3, 0.4) is 0 Å². The zero-order chi connectivity index (χ0) is 18.4. The summed E-state index contributed by atoms with van der Waals surface area (Å²) < 4.78 is 0. The lowest BCUT2D eigenvalue weighted by Gasteiger charge is -2.35. The standard InChI is InChI=1S/C24H19NO2/c26-23-19-13-12-17-9-4-5-10-18(17)21(19)24(27)22-20(23)11-6-14-25(22)15-16-7-2-1-3-8-16/h1-5,7-10,12-13H,6,11,14-15H2. The normalized spacial score (nSPS) is 16.5. The average Bonchev–Trinajstić information content (AvgIpc) is 2.72. The fourth-order valence-electron chi connectivity index (χ4n) is 4.32. The van der Waals surface area contributed by atoms with Crippen LogP contribution in [0.2, 0.25) is 0 Å². The highest BCUT2D eigenvalue weighted by Gasteiger charge is 2.37. The maximum atomic E-state index is 13.6. The Bertz CT molecular complexity index is 1110. The molecule has 3 aromatic rings. The molecule has 0 unspecified atom stereocenters. The molecule has 0 bridgehead atoms. The molecule has 0 radical (unpaired) electrons. The number of carbonyl (C=O) groups excluding carboxylic acids is 2. The number of rotatable bonds is 2. The Morgan fingerprint density at radius 1 is 0.815 bits per heavy atom. The van der Waals surface area contributed by atoms with Gasteiger partial charge in [-0.15, -0.1) is 0 Å². The summed E-state index contributed by atoms with van der Waals surface area (Å²) in [6.07, 6.45) is 1.57. The summed E-state index contributed by atoms with van der Waals surface area (Å²) in [7, 11) is 0. The molecular weight excluding hydrogens is 334 g/mol. The van der Waals surface area contributed by atoms with Gasteiger partial charge >= 0.3 is 0 Å². The van der Waals surface area contributed by atoms with Gasteiger partial charge < -0.3 is 4.90 Å². The Morgan fingerprint density at radius 3 is 2.44 bits per heavy atom. The third-order valence-electron chi connectivity index (χ3n) is 5.56. The first-order valence-electron chi connectivity index (χ1n) is 9.37. The van der Waals surface area contributed by atoms with Crippen LogP contribution in [0.4, 0.5) is 0 Å². The predicted molar refractivity (Wildman–Crippen MR) is 106 cm³/mol. The van der Waals surface area contributed by atoms with E-state index in [-0.39, 0.29) is 11.6 Å². The Labute approximate surface area is 157 Å². The summed E-state index contributed by atoms with van der Waals surface area (Å²) in [5, 5.41) is 1.86. The Morgan fingerprint density at radius 2 is 1.59 bits per heavy atom. The number of allylic oxidation sites excluding steroid dienone is 2. The highest BCUT2D eigenvalue weighted by atomic mass is 16.1. The van der Waals surface area contributed by atoms with Crippen molar-refractivity contribution in [1.29, 1.82) is 0 Å². The first kappa shape index (κ1) is 16.0. The van der Waals surface area contributed by atoms with E-state index >= 15 is 0 Å². The molecule has 3 nitrogen and oxygen atoms in total. The van der Waals surface area contributed by atoms with Crippen molar-refractivity contribution in [2.45, 2.75) is 19.4 Å². The lowest BCUT2D eigenvalue weighted by molar-refractivity contribution is 0.0924. The molecule has 5 rings (SSSR count). The number of nitrogens with zero attached hydrogens (tertiary/aromatic N) is 1. The molecular formula is C24H19NO2. The molecule has 1 aliphatic carbocycles. The maximum Gasteiger partial charge on any atom is 0.210 e. The van der Waals surface area contributed by atoms with E-state index in [2.05, 4.69) is 17.0 Å². The van der Waals surface area contributed by atoms with E-state index in [1.807, 2.05) is 54.6 Å². The van der Waals surface area contributed by atoms with Gasteiger partial charge in [-0.3, -0.25) is 9.59 Å². The molecule has 27 heavy (non-hydrogen) atoms. The molecule has 0 atom stereocenters. The van der Waals surface area contributed by atoms with Gasteiger partial charge in [0.25, 0.3) is 0 Å². The molecule has 3 heteroatoms. The molecule has 132 valence electrons. The van der Waals surface area contributed by atoms with Gasteiger partial charge in [-0.2, -0.15) is 0 Å². The highest BCUT2D eigenvalue weighted by Crippen LogP contribution is 2.37. The van der Waals surface area contributed by atoms with Crippen LogP contribution in [0.15, 0.2) is 78.0 Å². The molecule has 0 amide bonds. The third kappa shape index (κ3) is 2.50. The first-order chi connectivity index (χ1) is 13.2. The summed E-state index contributed by atoms with van der Waals surface area (Å²) in [6, 6.07) is 21.7. The number of ketones is 2. The van der Waals surface area contributed by atoms with Gasteiger partial charge in [0.05, 0.1) is 5.70 Å². The topological polar surface area (TPSA) is 37.4 Å². The molecule has 1 heterocycles. The van der Waals surface area contributed by atoms with E-state index in [4.69, 9.17) is 0 Å². The second-order valence-corrected chi connectivity index (χ2v) is 7.21. The predicted octanol–water partition coefficient (Wildman–Crippen LogP) is 4.77. The average molecular weight is 353 g/mol. The number of Topliss-reactive ketones (excluding diaryl/α,β-unsaturated/α-hetero) is 2. The number of hydrogen-bond acceptors (Lipinski definition) is 3. The highest BCUT2D eigenvalue weighted by molar-refractivity contribution is 6.30. The van der Waals surface area contributed by atoms with Crippen molar-refractivity contribution in [2.75, 3.05) is 6.54 Å². The lowest BCUT2D eigenvalue weighted by Crippen LogP contribution is -2.37. The minimum atomic E-state index is -0.00738. The van der Waals surface area contributed by atoms with Crippen LogP contribution in [0.5, 0.6) is 0 Å². The molecule has 0 spiro atoms. The molecule has 1 aliphatic heterocycles. The van der Waals surface area contributed by atoms with Crippen molar-refractivity contribution in [3.63, 3.8) is 0 Å². The number of hydrogen-bond donors (Lipinski definition) is 0. The molecule has 0 aromatic heterocycles. The van der Waals surface area contributed by atoms with Gasteiger partial charge in [-0.05, 0) is 35.2 Å². The number of fused-ring (bicyclic) bond motifs is 3. The van der Waals surface area contributed by atoms with E-state index in [0.29, 0.717) is 35.4 Å². The van der Waals surface area contributed by atoms with E-state index in [1.54, 1.807) is 0 Å². The smallest absolute Gasteiger partial charge is 0.210 e. The second kappa shape index (κ2) is 6.20. The lowest BCUT2D eigenvalue weighted by atomic mass is 9.80. The van der Waals surface area contributed by atoms with Crippen LogP contribution in [0, 0.1) is 0 Å².